The fraction of sp³-hybridized carbons (Fsp3) is 0.359. The molecule has 2 saturated heterocycles. The Kier molecular flexibility index (Phi) is 10.7. The zero-order valence-corrected chi connectivity index (χ0v) is 31.0. The van der Waals surface area contributed by atoms with Gasteiger partial charge in [0.05, 0.1) is 39.6 Å². The summed E-state index contributed by atoms with van der Waals surface area (Å²) in [6.07, 6.45) is 8.96. The maximum absolute atomic E-state index is 11.7. The largest absolute Gasteiger partial charge is 0.481 e. The zero-order chi connectivity index (χ0) is 36.4. The van der Waals surface area contributed by atoms with Crippen LogP contribution in [-0.4, -0.2) is 75.1 Å². The molecule has 2 aliphatic heterocycles. The van der Waals surface area contributed by atoms with Crippen LogP contribution in [0.1, 0.15) is 43.7 Å². The van der Waals surface area contributed by atoms with Crippen molar-refractivity contribution in [2.75, 3.05) is 26.7 Å². The number of hydrogen-bond acceptors (Lipinski definition) is 8. The minimum absolute atomic E-state index is 0.0999. The molecule has 1 aromatic carbocycles. The van der Waals surface area contributed by atoms with E-state index in [1.165, 1.54) is 0 Å². The van der Waals surface area contributed by atoms with Crippen LogP contribution in [-0.2, 0) is 29.7 Å². The summed E-state index contributed by atoms with van der Waals surface area (Å²) in [5.74, 6) is 0.744. The van der Waals surface area contributed by atoms with E-state index in [0.29, 0.717) is 59.4 Å². The summed E-state index contributed by atoms with van der Waals surface area (Å²) in [7, 11) is 3.62. The third-order valence-corrected chi connectivity index (χ3v) is 10.9. The molecule has 0 saturated carbocycles. The minimum Gasteiger partial charge on any atom is -0.481 e. The molecule has 5 aromatic rings. The molecule has 52 heavy (non-hydrogen) atoms. The lowest BCUT2D eigenvalue weighted by Gasteiger charge is -2.31. The van der Waals surface area contributed by atoms with Crippen molar-refractivity contribution in [2.24, 2.45) is 7.05 Å². The zero-order valence-electron chi connectivity index (χ0n) is 29.5. The Morgan fingerprint density at radius 1 is 1.00 bits per heavy atom. The lowest BCUT2D eigenvalue weighted by Crippen LogP contribution is -2.43. The maximum Gasteiger partial charge on any atom is 0.220 e. The van der Waals surface area contributed by atoms with Gasteiger partial charge in [-0.1, -0.05) is 47.5 Å². The summed E-state index contributed by atoms with van der Waals surface area (Å²) in [6.45, 7) is 5.13. The van der Waals surface area contributed by atoms with Crippen molar-refractivity contribution >= 4 is 46.0 Å². The second kappa shape index (κ2) is 15.6. The molecule has 11 nitrogen and oxygen atoms in total. The average Bonchev–Trinajstić information content (AvgIpc) is 3.72. The monoisotopic (exact) mass is 740 g/mol. The SMILES string of the molecule is COc1nc(-c2cccc(-c3ccnc(-c4cnc5c(CNC6CCN(C(C)=O)CC6)cn(C)c5c4)c3Cl)c2Cl)ccc1CNC[C@@H]1CCC(=O)N1. The first-order valence-electron chi connectivity index (χ1n) is 17.6. The topological polar surface area (TPSA) is 126 Å². The second-order valence-corrected chi connectivity index (χ2v) is 14.3. The highest BCUT2D eigenvalue weighted by molar-refractivity contribution is 6.39. The van der Waals surface area contributed by atoms with E-state index in [0.717, 1.165) is 76.8 Å². The molecule has 6 heterocycles. The number of hydrogen-bond donors (Lipinski definition) is 3. The number of fused-ring (bicyclic) bond motifs is 1. The Labute approximate surface area is 313 Å². The first kappa shape index (κ1) is 35.8. The van der Waals surface area contributed by atoms with E-state index in [2.05, 4.69) is 37.8 Å². The van der Waals surface area contributed by atoms with Gasteiger partial charge in [-0.15, -0.1) is 0 Å². The first-order chi connectivity index (χ1) is 25.2. The van der Waals surface area contributed by atoms with Gasteiger partial charge in [0.25, 0.3) is 0 Å². The molecule has 0 radical (unpaired) electrons. The molecular weight excluding hydrogens is 699 g/mol. The Hall–Kier alpha value is -4.55. The molecule has 270 valence electrons. The number of nitrogens with one attached hydrogen (secondary N) is 3. The van der Waals surface area contributed by atoms with E-state index in [9.17, 15) is 9.59 Å². The van der Waals surface area contributed by atoms with Crippen LogP contribution in [0.2, 0.25) is 10.0 Å². The Morgan fingerprint density at radius 3 is 2.54 bits per heavy atom. The van der Waals surface area contributed by atoms with Crippen LogP contribution in [0.25, 0.3) is 44.7 Å². The summed E-state index contributed by atoms with van der Waals surface area (Å²) in [5, 5.41) is 11.0. The van der Waals surface area contributed by atoms with Gasteiger partial charge in [0, 0.05) is 117 Å². The Balaban J connectivity index is 1.10. The third kappa shape index (κ3) is 7.50. The van der Waals surface area contributed by atoms with Gasteiger partial charge in [-0.25, -0.2) is 4.98 Å². The number of rotatable bonds is 11. The van der Waals surface area contributed by atoms with Gasteiger partial charge in [-0.3, -0.25) is 19.6 Å². The number of carbonyl (C=O) groups excluding carboxylic acids is 2. The number of carbonyl (C=O) groups is 2. The number of likely N-dealkylation sites (tertiary alicyclic amines) is 1. The summed E-state index contributed by atoms with van der Waals surface area (Å²) < 4.78 is 7.74. The smallest absolute Gasteiger partial charge is 0.220 e. The molecule has 2 fully saturated rings. The number of benzene rings is 1. The van der Waals surface area contributed by atoms with Crippen molar-refractivity contribution in [3.05, 3.63) is 82.2 Å². The van der Waals surface area contributed by atoms with Crippen LogP contribution in [0.5, 0.6) is 5.88 Å². The number of methoxy groups -OCH3 is 1. The van der Waals surface area contributed by atoms with Crippen molar-refractivity contribution in [1.29, 1.82) is 0 Å². The van der Waals surface area contributed by atoms with Crippen molar-refractivity contribution in [2.45, 2.75) is 57.8 Å². The number of nitrogens with zero attached hydrogens (tertiary/aromatic N) is 5. The predicted molar refractivity (Wildman–Crippen MR) is 204 cm³/mol. The van der Waals surface area contributed by atoms with E-state index >= 15 is 0 Å². The van der Waals surface area contributed by atoms with Crippen molar-refractivity contribution in [1.82, 2.24) is 40.4 Å². The van der Waals surface area contributed by atoms with E-state index in [4.69, 9.17) is 37.9 Å². The molecule has 2 aliphatic rings. The Bertz CT molecular complexity index is 2130. The summed E-state index contributed by atoms with van der Waals surface area (Å²) in [4.78, 5) is 39.5. The summed E-state index contributed by atoms with van der Waals surface area (Å²) in [6, 6.07) is 14.2. The van der Waals surface area contributed by atoms with Gasteiger partial charge in [0.1, 0.15) is 0 Å². The van der Waals surface area contributed by atoms with Crippen LogP contribution < -0.4 is 20.7 Å². The van der Waals surface area contributed by atoms with Crippen molar-refractivity contribution in [3.63, 3.8) is 0 Å². The van der Waals surface area contributed by atoms with Gasteiger partial charge in [-0.2, -0.15) is 0 Å². The number of halogens is 2. The normalized spacial score (nSPS) is 16.4. The van der Waals surface area contributed by atoms with Crippen LogP contribution in [0.3, 0.4) is 0 Å². The molecular formula is C39H42Cl2N8O3. The van der Waals surface area contributed by atoms with Gasteiger partial charge in [-0.05, 0) is 37.5 Å². The van der Waals surface area contributed by atoms with Crippen LogP contribution in [0, 0.1) is 0 Å². The van der Waals surface area contributed by atoms with Crippen molar-refractivity contribution in [3.8, 4) is 39.5 Å². The third-order valence-electron chi connectivity index (χ3n) is 10.1. The second-order valence-electron chi connectivity index (χ2n) is 13.5. The van der Waals surface area contributed by atoms with Gasteiger partial charge in [0.2, 0.25) is 17.7 Å². The van der Waals surface area contributed by atoms with Gasteiger partial charge >= 0.3 is 0 Å². The van der Waals surface area contributed by atoms with Crippen LogP contribution in [0.4, 0.5) is 0 Å². The highest BCUT2D eigenvalue weighted by atomic mass is 35.5. The van der Waals surface area contributed by atoms with Crippen LogP contribution >= 0.6 is 23.2 Å². The van der Waals surface area contributed by atoms with E-state index in [1.807, 2.05) is 54.5 Å². The van der Waals surface area contributed by atoms with Crippen LogP contribution in [0.15, 0.2) is 61.1 Å². The molecule has 0 unspecified atom stereocenters. The van der Waals surface area contributed by atoms with E-state index in [1.54, 1.807) is 20.2 Å². The number of aromatic nitrogens is 4. The maximum atomic E-state index is 11.7. The number of aryl methyl sites for hydroxylation is 1. The van der Waals surface area contributed by atoms with Gasteiger partial charge < -0.3 is 30.2 Å². The summed E-state index contributed by atoms with van der Waals surface area (Å²) in [5.41, 5.74) is 8.26. The van der Waals surface area contributed by atoms with E-state index in [-0.39, 0.29) is 17.9 Å². The lowest BCUT2D eigenvalue weighted by molar-refractivity contribution is -0.130. The molecule has 1 atom stereocenters. The average molecular weight is 742 g/mol. The minimum atomic E-state index is 0.0999. The highest BCUT2D eigenvalue weighted by Crippen LogP contribution is 2.42. The molecule has 0 bridgehead atoms. The molecule has 13 heteroatoms. The molecule has 0 aliphatic carbocycles. The number of amides is 2. The molecule has 3 N–H and O–H groups in total. The summed E-state index contributed by atoms with van der Waals surface area (Å²) >= 11 is 14.2. The quantitative estimate of drug-likeness (QED) is 0.147. The fourth-order valence-corrected chi connectivity index (χ4v) is 7.83. The Morgan fingerprint density at radius 2 is 1.79 bits per heavy atom. The predicted octanol–water partition coefficient (Wildman–Crippen LogP) is 6.15. The molecule has 7 rings (SSSR count). The van der Waals surface area contributed by atoms with Gasteiger partial charge in [0.15, 0.2) is 0 Å². The lowest BCUT2D eigenvalue weighted by atomic mass is 9.99. The number of pyridine rings is 3. The molecule has 0 spiro atoms. The number of ether oxygens (including phenoxy) is 1. The number of piperidine rings is 1. The van der Waals surface area contributed by atoms with E-state index < -0.39 is 0 Å². The highest BCUT2D eigenvalue weighted by Gasteiger charge is 2.23. The first-order valence-corrected chi connectivity index (χ1v) is 18.4. The fourth-order valence-electron chi connectivity index (χ4n) is 7.18. The standard InChI is InChI=1S/C39H42Cl2N8O3/c1-23(50)49-15-12-27(13-16-49)44-20-26-22-48(2)33-17-25(19-45-37(26)33)38-36(41)30(11-14-43-38)29-5-4-6-31(35(29)40)32-9-7-24(39(47-32)52-3)18-42-21-28-8-10-34(51)46-28/h4-7,9,11,14,17,19,22,27-28,42,44H,8,10,12-13,15-16,18,20-21H2,1-3H3,(H,46,51)/t28-/m0/s1. The molecule has 2 amide bonds. The van der Waals surface area contributed by atoms with Crippen molar-refractivity contribution < 1.29 is 14.3 Å². The molecule has 4 aromatic heterocycles.